The molecular formula is C85H122N22O20S. The fraction of sp³-hybridized carbons (Fsp3) is 0.506. The Bertz CT molecular complexity index is 4710. The van der Waals surface area contributed by atoms with E-state index in [-0.39, 0.29) is 102 Å². The molecule has 1 saturated heterocycles. The maximum Gasteiger partial charge on any atom is 0.246 e. The summed E-state index contributed by atoms with van der Waals surface area (Å²) in [5, 5.41) is 49.3. The summed E-state index contributed by atoms with van der Waals surface area (Å²) in [7, 11) is 0. The van der Waals surface area contributed by atoms with E-state index >= 15 is 28.8 Å². The molecule has 0 saturated carbocycles. The molecule has 30 N–H and O–H groups in total. The molecule has 42 nitrogen and oxygen atoms in total. The highest BCUT2D eigenvalue weighted by atomic mass is 32.2. The van der Waals surface area contributed by atoms with Crippen LogP contribution in [-0.2, 0) is 106 Å². The van der Waals surface area contributed by atoms with Crippen LogP contribution in [0.4, 0.5) is 0 Å². The number of thioether (sulfide) groups is 1. The molecule has 6 rings (SSSR count). The topological polar surface area (TPSA) is 703 Å². The van der Waals surface area contributed by atoms with Crippen LogP contribution in [0.25, 0.3) is 21.7 Å². The molecule has 1 aliphatic heterocycles. The molecule has 4 aromatic carbocycles. The minimum atomic E-state index is -2.05. The zero-order chi connectivity index (χ0) is 94.2. The summed E-state index contributed by atoms with van der Waals surface area (Å²) in [5.74, 6) is -17.8. The van der Waals surface area contributed by atoms with Crippen LogP contribution in [0.15, 0.2) is 97.2 Å². The van der Waals surface area contributed by atoms with Gasteiger partial charge in [-0.25, -0.2) is 0 Å². The summed E-state index contributed by atoms with van der Waals surface area (Å²) in [6.45, 7) is 4.89. The van der Waals surface area contributed by atoms with Crippen LogP contribution < -0.4 is 119 Å². The van der Waals surface area contributed by atoms with Crippen LogP contribution in [0.1, 0.15) is 141 Å². The van der Waals surface area contributed by atoms with Crippen LogP contribution in [0, 0.1) is 0 Å². The number of aliphatic hydroxyl groups is 1. The molecule has 0 aliphatic carbocycles. The van der Waals surface area contributed by atoms with Crippen molar-refractivity contribution in [3.63, 3.8) is 0 Å². The van der Waals surface area contributed by atoms with E-state index in [4.69, 9.17) is 44.9 Å². The van der Waals surface area contributed by atoms with Gasteiger partial charge >= 0.3 is 0 Å². The minimum Gasteiger partial charge on any atom is -0.492 e. The number of carbonyl (C=O) groups excluding carboxylic acids is 18. The second-order valence-corrected chi connectivity index (χ2v) is 32.6. The van der Waals surface area contributed by atoms with E-state index in [0.29, 0.717) is 58.1 Å². The number of amides is 18. The van der Waals surface area contributed by atoms with Crippen molar-refractivity contribution in [1.82, 2.24) is 79.4 Å². The number of benzene rings is 4. The Labute approximate surface area is 743 Å². The smallest absolute Gasteiger partial charge is 0.246 e. The Morgan fingerprint density at radius 1 is 0.562 bits per heavy atom. The maximum atomic E-state index is 15.9. The van der Waals surface area contributed by atoms with Gasteiger partial charge < -0.3 is 129 Å². The number of nitrogens with two attached hydrogens (primary N) is 7. The molecule has 0 radical (unpaired) electrons. The fourth-order valence-corrected chi connectivity index (χ4v) is 15.0. The molecule has 1 aliphatic rings. The predicted molar refractivity (Wildman–Crippen MR) is 473 cm³/mol. The van der Waals surface area contributed by atoms with Crippen molar-refractivity contribution >= 4 is 140 Å². The zero-order valence-corrected chi connectivity index (χ0v) is 73.0. The number of aliphatic hydroxyl groups excluding tert-OH is 1. The van der Waals surface area contributed by atoms with Gasteiger partial charge in [0.2, 0.25) is 106 Å². The van der Waals surface area contributed by atoms with E-state index in [9.17, 15) is 62.6 Å². The van der Waals surface area contributed by atoms with Gasteiger partial charge in [0.15, 0.2) is 0 Å². The van der Waals surface area contributed by atoms with Gasteiger partial charge in [0.05, 0.1) is 19.1 Å². The average molecular weight is 1800 g/mol. The first kappa shape index (κ1) is 104. The average Bonchev–Trinajstić information content (AvgIpc) is 1.07. The summed E-state index contributed by atoms with van der Waals surface area (Å²) in [4.78, 5) is 255. The Morgan fingerprint density at radius 2 is 1.15 bits per heavy atom. The largest absolute Gasteiger partial charge is 0.492 e. The monoisotopic (exact) mass is 1800 g/mol. The number of nitrogens with one attached hydrogen (secondary N) is 15. The Balaban J connectivity index is 1.45. The quantitative estimate of drug-likeness (QED) is 0.0162. The van der Waals surface area contributed by atoms with Gasteiger partial charge in [-0.15, -0.1) is 0 Å². The third-order valence-electron chi connectivity index (χ3n) is 20.9. The lowest BCUT2D eigenvalue weighted by molar-refractivity contribution is -0.138. The molecule has 1 fully saturated rings. The van der Waals surface area contributed by atoms with Gasteiger partial charge in [0.25, 0.3) is 0 Å². The van der Waals surface area contributed by atoms with Crippen molar-refractivity contribution in [2.24, 2.45) is 40.1 Å². The first-order chi connectivity index (χ1) is 60.9. The highest BCUT2D eigenvalue weighted by Gasteiger charge is 2.42. The van der Waals surface area contributed by atoms with E-state index in [1.54, 1.807) is 91.1 Å². The van der Waals surface area contributed by atoms with Crippen LogP contribution in [0.2, 0.25) is 0 Å². The number of fused-ring (bicyclic) bond motifs is 2. The fourth-order valence-electron chi connectivity index (χ4n) is 13.9. The molecule has 2 heterocycles. The highest BCUT2D eigenvalue weighted by Crippen LogP contribution is 2.24. The number of rotatable bonds is 47. The first-order valence-electron chi connectivity index (χ1n) is 42.3. The van der Waals surface area contributed by atoms with Crippen molar-refractivity contribution < 1.29 is 96.1 Å². The molecule has 5 aromatic rings. The molecule has 0 unspecified atom stereocenters. The summed E-state index contributed by atoms with van der Waals surface area (Å²) >= 11 is 0.921. The van der Waals surface area contributed by atoms with E-state index < -0.39 is 229 Å². The van der Waals surface area contributed by atoms with Gasteiger partial charge in [-0.1, -0.05) is 72.8 Å². The Kier molecular flexibility index (Phi) is 43.0. The lowest BCUT2D eigenvalue weighted by Gasteiger charge is -2.34. The first-order valence-corrected chi connectivity index (χ1v) is 43.5. The van der Waals surface area contributed by atoms with Crippen molar-refractivity contribution in [2.45, 2.75) is 221 Å². The molecular weight excluding hydrogens is 1680 g/mol. The standard InChI is InChI=1S/C85H122N22O20S/c1-47(108)72-83(125)103-65(42-54-44-94-57-18-8-7-17-56(54)57)80(122)99-60(27-29-68(89)111)76(118)104-67(46-128-38-31-62(96-49(3)110)77(119)98-61(78(120)106-72)28-30-69(90)112)81(123)100-63(40-50-22-25-55(26-23-50)127-37-35-88)79(121)101-64(41-51-21-24-52-15-5-6-16-53(52)39-51)82(124)107-85(4,32-11-13-34-87)84(126)105-59(20-10-14-36-93-48(2)109)75(117)102-66(43-70(91)113)74(116)95-45-71(114)97-58(73(92)115)19-9-12-33-86/h5-8,15-18,21-26,39,44,47,58-67,72,94,108H,9-14,19-20,27-38,40-43,45-46,86-88H2,1-4H3,(H2,89,111)(H2,90,112)(H2,91,113)(H2,92,115)(H,93,109)(H,95,116)(H,96,110)(H,97,114)(H,98,119)(H,99,122)(H,100,123)(H,101,121)(H,102,117)(H,103,125)(H,104,118)(H,105,126)(H,106,120)(H,107,124)/t47-,58-,59+,60+,61+,62+,63+,64+,65+,66+,67+,72+,85+/m1/s1. The lowest BCUT2D eigenvalue weighted by atomic mass is 9.91. The summed E-state index contributed by atoms with van der Waals surface area (Å²) < 4.78 is 5.74. The second-order valence-electron chi connectivity index (χ2n) is 31.5. The van der Waals surface area contributed by atoms with E-state index in [1.807, 2.05) is 6.07 Å². The van der Waals surface area contributed by atoms with E-state index in [0.717, 1.165) is 31.0 Å². The minimum absolute atomic E-state index is 0.104. The highest BCUT2D eigenvalue weighted by molar-refractivity contribution is 7.99. The number of primary amides is 4. The number of aromatic amines is 1. The van der Waals surface area contributed by atoms with Crippen LogP contribution in [0.3, 0.4) is 0 Å². The number of aromatic nitrogens is 1. The van der Waals surface area contributed by atoms with Crippen molar-refractivity contribution in [3.05, 3.63) is 114 Å². The molecule has 0 bridgehead atoms. The molecule has 18 amide bonds. The lowest BCUT2D eigenvalue weighted by Crippen LogP contribution is -2.64. The zero-order valence-electron chi connectivity index (χ0n) is 72.2. The number of hydrogen-bond donors (Lipinski definition) is 23. The van der Waals surface area contributed by atoms with Crippen LogP contribution >= 0.6 is 11.8 Å². The van der Waals surface area contributed by atoms with Crippen molar-refractivity contribution in [2.75, 3.05) is 50.8 Å². The van der Waals surface area contributed by atoms with Gasteiger partial charge in [0.1, 0.15) is 84.4 Å². The summed E-state index contributed by atoms with van der Waals surface area (Å²) in [6.07, 6.45) is -2.96. The molecule has 43 heteroatoms. The van der Waals surface area contributed by atoms with Gasteiger partial charge in [-0.3, -0.25) is 86.3 Å². The number of ether oxygens (including phenoxy) is 1. The normalized spacial score (nSPS) is 18.5. The summed E-state index contributed by atoms with van der Waals surface area (Å²) in [6, 6.07) is 7.33. The molecule has 1 aromatic heterocycles. The van der Waals surface area contributed by atoms with Crippen molar-refractivity contribution in [3.8, 4) is 5.75 Å². The van der Waals surface area contributed by atoms with E-state index in [1.165, 1.54) is 13.8 Å². The third-order valence-corrected chi connectivity index (χ3v) is 22.0. The number of unbranched alkanes of at least 4 members (excludes halogenated alkanes) is 3. The molecule has 698 valence electrons. The van der Waals surface area contributed by atoms with Gasteiger partial charge in [-0.2, -0.15) is 11.8 Å². The van der Waals surface area contributed by atoms with Crippen LogP contribution in [-0.4, -0.2) is 245 Å². The molecule has 13 atom stereocenters. The van der Waals surface area contributed by atoms with Gasteiger partial charge in [-0.05, 0) is 155 Å². The maximum absolute atomic E-state index is 15.9. The predicted octanol–water partition coefficient (Wildman–Crippen LogP) is -5.00. The summed E-state index contributed by atoms with van der Waals surface area (Å²) in [5.41, 5.74) is 39.4. The number of carbonyl (C=O) groups is 18. The Morgan fingerprint density at radius 3 is 1.79 bits per heavy atom. The number of hydrogen-bond acceptors (Lipinski definition) is 24. The molecule has 0 spiro atoms. The number of para-hydroxylation sites is 1. The van der Waals surface area contributed by atoms with E-state index in [2.05, 4.69) is 79.4 Å². The SMILES string of the molecule is CC(=O)NCCCC[C@H](NC(=O)[C@](C)(CCCCN)NC(=O)[C@H](Cc1ccc2ccccc2c1)NC(=O)[C@H](Cc1ccc(OCCN)cc1)NC(=O)[C@@H]1CSCC[C@H](NC(C)=O)C(=O)N[C@@H](CCC(N)=O)C(=O)N[C@@H]([C@@H](C)O)C(=O)N[C@@H](Cc2c[nH]c3ccccc23)C(=O)N[C@@H](CCC(N)=O)C(=O)N1)C(=O)N[C@@H](CC(N)=O)C(=O)NCC(=O)N[C@H](CCCCN)C(N)=O. The third kappa shape index (κ3) is 35.2. The van der Waals surface area contributed by atoms with Crippen LogP contribution in [0.5, 0.6) is 5.75 Å². The second kappa shape index (κ2) is 52.9. The van der Waals surface area contributed by atoms with Crippen molar-refractivity contribution in [1.29, 1.82) is 0 Å². The Hall–Kier alpha value is -12.9. The number of H-pyrrole nitrogens is 1. The molecule has 128 heavy (non-hydrogen) atoms. The van der Waals surface area contributed by atoms with Gasteiger partial charge in [0, 0.05) is 81.9 Å².